The van der Waals surface area contributed by atoms with Crippen LogP contribution in [0.15, 0.2) is 42.5 Å². The molecule has 0 bridgehead atoms. The number of halogens is 1. The second-order valence-corrected chi connectivity index (χ2v) is 6.00. The molecule has 0 saturated carbocycles. The van der Waals surface area contributed by atoms with E-state index < -0.39 is 5.82 Å². The molecule has 0 aliphatic rings. The van der Waals surface area contributed by atoms with Gasteiger partial charge in [0.2, 0.25) is 17.8 Å². The highest BCUT2D eigenvalue weighted by molar-refractivity contribution is 5.78. The fourth-order valence-electron chi connectivity index (χ4n) is 2.91. The summed E-state index contributed by atoms with van der Waals surface area (Å²) in [6.45, 7) is 1.93. The third-order valence-corrected chi connectivity index (χ3v) is 4.21. The van der Waals surface area contributed by atoms with Gasteiger partial charge in [0.1, 0.15) is 17.1 Å². The van der Waals surface area contributed by atoms with Gasteiger partial charge in [0, 0.05) is 12.1 Å². The van der Waals surface area contributed by atoms with Gasteiger partial charge in [0.15, 0.2) is 5.82 Å². The van der Waals surface area contributed by atoms with Gasteiger partial charge < -0.3 is 15.8 Å². The van der Waals surface area contributed by atoms with Crippen LogP contribution in [-0.2, 0) is 6.42 Å². The first-order valence-corrected chi connectivity index (χ1v) is 8.68. The van der Waals surface area contributed by atoms with Crippen LogP contribution < -0.4 is 15.8 Å². The lowest BCUT2D eigenvalue weighted by atomic mass is 10.3. The molecule has 28 heavy (non-hydrogen) atoms. The minimum atomic E-state index is -0.399. The number of rotatable bonds is 5. The number of nitrogen functional groups attached to an aromatic ring is 1. The molecule has 0 atom stereocenters. The lowest BCUT2D eigenvalue weighted by Crippen LogP contribution is -2.11. The molecule has 0 radical (unpaired) electrons. The van der Waals surface area contributed by atoms with Gasteiger partial charge >= 0.3 is 0 Å². The fraction of sp³-hybridized carbons (Fsp3) is 0.158. The van der Waals surface area contributed by atoms with Gasteiger partial charge in [0.25, 0.3) is 0 Å². The zero-order chi connectivity index (χ0) is 19.7. The predicted octanol–water partition coefficient (Wildman–Crippen LogP) is 3.25. The second kappa shape index (κ2) is 7.10. The molecule has 0 aliphatic carbocycles. The molecule has 2 aromatic heterocycles. The quantitative estimate of drug-likeness (QED) is 0.548. The molecular formula is C19H18FN7O. The molecule has 4 aromatic rings. The number of nitrogens with two attached hydrogens (primary N) is 1. The maximum Gasteiger partial charge on any atom is 0.242 e. The van der Waals surface area contributed by atoms with E-state index in [0.29, 0.717) is 17.8 Å². The average Bonchev–Trinajstić information content (AvgIpc) is 3.08. The number of nitrogens with zero attached hydrogens (tertiary/aromatic N) is 5. The highest BCUT2D eigenvalue weighted by Gasteiger charge is 2.17. The Morgan fingerprint density at radius 1 is 1.07 bits per heavy atom. The number of benzene rings is 2. The van der Waals surface area contributed by atoms with Crippen molar-refractivity contribution in [3.8, 4) is 11.7 Å². The molecule has 4 rings (SSSR count). The minimum Gasteiger partial charge on any atom is -0.497 e. The van der Waals surface area contributed by atoms with E-state index in [2.05, 4.69) is 25.3 Å². The summed E-state index contributed by atoms with van der Waals surface area (Å²) in [5.74, 6) is 1.55. The Balaban J connectivity index is 1.79. The van der Waals surface area contributed by atoms with Crippen molar-refractivity contribution in [3.05, 3.63) is 54.1 Å². The summed E-state index contributed by atoms with van der Waals surface area (Å²) in [6.07, 6.45) is 0.570. The number of ether oxygens (including phenoxy) is 1. The van der Waals surface area contributed by atoms with Crippen LogP contribution in [0.1, 0.15) is 12.7 Å². The number of nitrogens with one attached hydrogen (secondary N) is 1. The first-order chi connectivity index (χ1) is 13.6. The molecule has 3 N–H and O–H groups in total. The number of para-hydroxylation sites is 1. The molecule has 9 heteroatoms. The number of aromatic nitrogens is 5. The monoisotopic (exact) mass is 379 g/mol. The fourth-order valence-corrected chi connectivity index (χ4v) is 2.91. The van der Waals surface area contributed by atoms with Crippen LogP contribution in [0.3, 0.4) is 0 Å². The number of fused-ring (bicyclic) bond motifs is 1. The Morgan fingerprint density at radius 2 is 1.86 bits per heavy atom. The van der Waals surface area contributed by atoms with Crippen molar-refractivity contribution in [2.24, 2.45) is 0 Å². The molecule has 0 aliphatic heterocycles. The smallest absolute Gasteiger partial charge is 0.242 e. The van der Waals surface area contributed by atoms with E-state index in [1.807, 2.05) is 31.2 Å². The molecule has 0 fully saturated rings. The van der Waals surface area contributed by atoms with Crippen LogP contribution in [0.5, 0.6) is 5.75 Å². The third kappa shape index (κ3) is 3.18. The SMILES string of the molecule is CCc1nc2c(F)cccc2n1-c1nc(N)nc(Nc2ccc(OC)cc2)n1. The van der Waals surface area contributed by atoms with E-state index >= 15 is 0 Å². The Morgan fingerprint density at radius 3 is 2.57 bits per heavy atom. The van der Waals surface area contributed by atoms with Crippen molar-refractivity contribution in [2.45, 2.75) is 13.3 Å². The van der Waals surface area contributed by atoms with Crippen LogP contribution in [0.25, 0.3) is 17.0 Å². The van der Waals surface area contributed by atoms with Crippen LogP contribution in [0, 0.1) is 5.82 Å². The molecular weight excluding hydrogens is 361 g/mol. The minimum absolute atomic E-state index is 0.0429. The number of anilines is 3. The lowest BCUT2D eigenvalue weighted by molar-refractivity contribution is 0.415. The molecule has 142 valence electrons. The van der Waals surface area contributed by atoms with Crippen molar-refractivity contribution in [2.75, 3.05) is 18.2 Å². The summed E-state index contributed by atoms with van der Waals surface area (Å²) in [6, 6.07) is 12.1. The number of hydrogen-bond acceptors (Lipinski definition) is 7. The van der Waals surface area contributed by atoms with E-state index in [1.54, 1.807) is 23.8 Å². The predicted molar refractivity (Wildman–Crippen MR) is 104 cm³/mol. The largest absolute Gasteiger partial charge is 0.497 e. The standard InChI is InChI=1S/C19H18FN7O/c1-3-15-23-16-13(20)5-4-6-14(16)27(15)19-25-17(21)24-18(26-19)22-11-7-9-12(28-2)10-8-11/h4-10H,3H2,1-2H3,(H3,21,22,24,25,26). The van der Waals surface area contributed by atoms with Crippen molar-refractivity contribution >= 4 is 28.6 Å². The normalized spacial score (nSPS) is 11.0. The van der Waals surface area contributed by atoms with E-state index in [9.17, 15) is 4.39 Å². The molecule has 0 unspecified atom stereocenters. The summed E-state index contributed by atoms with van der Waals surface area (Å²) in [5, 5.41) is 3.09. The van der Waals surface area contributed by atoms with Gasteiger partial charge in [-0.2, -0.15) is 15.0 Å². The summed E-state index contributed by atoms with van der Waals surface area (Å²) >= 11 is 0. The topological polar surface area (TPSA) is 104 Å². The van der Waals surface area contributed by atoms with E-state index in [1.165, 1.54) is 6.07 Å². The van der Waals surface area contributed by atoms with Crippen molar-refractivity contribution in [3.63, 3.8) is 0 Å². The molecule has 8 nitrogen and oxygen atoms in total. The third-order valence-electron chi connectivity index (χ3n) is 4.21. The van der Waals surface area contributed by atoms with Crippen LogP contribution in [0.4, 0.5) is 22.0 Å². The maximum atomic E-state index is 14.2. The molecule has 0 amide bonds. The number of methoxy groups -OCH3 is 1. The molecule has 2 heterocycles. The lowest BCUT2D eigenvalue weighted by Gasteiger charge is -2.10. The Bertz CT molecular complexity index is 1140. The van der Waals surface area contributed by atoms with E-state index in [0.717, 1.165) is 11.4 Å². The molecule has 0 spiro atoms. The first-order valence-electron chi connectivity index (χ1n) is 8.68. The summed E-state index contributed by atoms with van der Waals surface area (Å²) in [4.78, 5) is 17.2. The van der Waals surface area contributed by atoms with Crippen LogP contribution in [0.2, 0.25) is 0 Å². The first kappa shape index (κ1) is 17.7. The second-order valence-electron chi connectivity index (χ2n) is 6.00. The van der Waals surface area contributed by atoms with Crippen LogP contribution in [-0.4, -0.2) is 31.6 Å². The Kier molecular flexibility index (Phi) is 4.48. The molecule has 2 aromatic carbocycles. The van der Waals surface area contributed by atoms with Gasteiger partial charge in [0.05, 0.1) is 12.6 Å². The maximum absolute atomic E-state index is 14.2. The highest BCUT2D eigenvalue weighted by Crippen LogP contribution is 2.24. The summed E-state index contributed by atoms with van der Waals surface area (Å²) in [7, 11) is 1.60. The highest BCUT2D eigenvalue weighted by atomic mass is 19.1. The summed E-state index contributed by atoms with van der Waals surface area (Å²) < 4.78 is 21.0. The zero-order valence-corrected chi connectivity index (χ0v) is 15.3. The van der Waals surface area contributed by atoms with Crippen LogP contribution >= 0.6 is 0 Å². The molecule has 0 saturated heterocycles. The number of imidazole rings is 1. The summed E-state index contributed by atoms with van der Waals surface area (Å²) in [5.41, 5.74) is 7.49. The number of aryl methyl sites for hydroxylation is 1. The van der Waals surface area contributed by atoms with E-state index in [4.69, 9.17) is 10.5 Å². The van der Waals surface area contributed by atoms with Crippen molar-refractivity contribution in [1.82, 2.24) is 24.5 Å². The van der Waals surface area contributed by atoms with E-state index in [-0.39, 0.29) is 23.4 Å². The Hall–Kier alpha value is -3.75. The van der Waals surface area contributed by atoms with Gasteiger partial charge in [-0.1, -0.05) is 13.0 Å². The van der Waals surface area contributed by atoms with Crippen molar-refractivity contribution in [1.29, 1.82) is 0 Å². The average molecular weight is 379 g/mol. The van der Waals surface area contributed by atoms with Gasteiger partial charge in [-0.05, 0) is 36.4 Å². The number of hydrogen-bond donors (Lipinski definition) is 2. The van der Waals surface area contributed by atoms with Crippen molar-refractivity contribution < 1.29 is 9.13 Å². The van der Waals surface area contributed by atoms with Gasteiger partial charge in [-0.3, -0.25) is 4.57 Å². The van der Waals surface area contributed by atoms with Gasteiger partial charge in [-0.25, -0.2) is 9.37 Å². The van der Waals surface area contributed by atoms with Gasteiger partial charge in [-0.15, -0.1) is 0 Å². The Labute approximate surface area is 160 Å². The zero-order valence-electron chi connectivity index (χ0n) is 15.3.